The number of hydrogen-bond acceptors (Lipinski definition) is 3. The second kappa shape index (κ2) is 33.7. The molecule has 0 aliphatic carbocycles. The Morgan fingerprint density at radius 3 is 1.12 bits per heavy atom. The topological polar surface area (TPSA) is 27.7 Å². The molecule has 0 saturated heterocycles. The summed E-state index contributed by atoms with van der Waals surface area (Å²) in [6.07, 6.45) is 40.8. The van der Waals surface area contributed by atoms with Gasteiger partial charge < -0.3 is 14.2 Å². The summed E-state index contributed by atoms with van der Waals surface area (Å²) in [5.74, 6) is 4.72. The van der Waals surface area contributed by atoms with Crippen LogP contribution in [0.3, 0.4) is 0 Å². The van der Waals surface area contributed by atoms with Crippen molar-refractivity contribution < 1.29 is 14.2 Å². The maximum absolute atomic E-state index is 6.91. The van der Waals surface area contributed by atoms with Crippen LogP contribution in [0.5, 0.6) is 23.0 Å². The average Bonchev–Trinajstić information content (AvgIpc) is 3.46. The Hall–Kier alpha value is -5.28. The van der Waals surface area contributed by atoms with Gasteiger partial charge in [0, 0.05) is 11.1 Å². The van der Waals surface area contributed by atoms with Gasteiger partial charge >= 0.3 is 0 Å². The third kappa shape index (κ3) is 17.6. The molecule has 1 heterocycles. The molecule has 0 atom stereocenters. The van der Waals surface area contributed by atoms with Crippen LogP contribution in [0, 0.1) is 5.92 Å². The monoisotopic (exact) mass is 1010 g/mol. The lowest BCUT2D eigenvalue weighted by atomic mass is 9.62. The van der Waals surface area contributed by atoms with Gasteiger partial charge in [-0.05, 0) is 77.1 Å². The zero-order chi connectivity index (χ0) is 51.9. The van der Waals surface area contributed by atoms with Gasteiger partial charge in [-0.1, -0.05) is 309 Å². The van der Waals surface area contributed by atoms with Crippen molar-refractivity contribution in [2.24, 2.45) is 0 Å². The van der Waals surface area contributed by atoms with Crippen molar-refractivity contribution in [3.8, 4) is 23.0 Å². The van der Waals surface area contributed by atoms with Gasteiger partial charge in [0.1, 0.15) is 23.0 Å². The zero-order valence-corrected chi connectivity index (χ0v) is 46.8. The highest BCUT2D eigenvalue weighted by Gasteiger charge is 2.44. The van der Waals surface area contributed by atoms with E-state index in [9.17, 15) is 0 Å². The molecule has 0 bridgehead atoms. The molecule has 1 radical (unpaired) electrons. The van der Waals surface area contributed by atoms with Crippen LogP contribution in [0.15, 0.2) is 152 Å². The molecule has 3 heteroatoms. The fraction of sp³-hybridized carbons (Fsp3) is 0.486. The van der Waals surface area contributed by atoms with E-state index >= 15 is 0 Å². The molecule has 0 unspecified atom stereocenters. The second-order valence-corrected chi connectivity index (χ2v) is 21.8. The fourth-order valence-corrected chi connectivity index (χ4v) is 11.7. The van der Waals surface area contributed by atoms with Crippen LogP contribution in [0.4, 0.5) is 0 Å². The lowest BCUT2D eigenvalue weighted by Crippen LogP contribution is -2.33. The molecule has 0 spiro atoms. The van der Waals surface area contributed by atoms with Gasteiger partial charge in [-0.3, -0.25) is 0 Å². The van der Waals surface area contributed by atoms with Crippen LogP contribution < -0.4 is 14.2 Å². The highest BCUT2D eigenvalue weighted by molar-refractivity contribution is 5.75. The number of hydrogen-bond donors (Lipinski definition) is 0. The average molecular weight is 1010 g/mol. The first-order chi connectivity index (χ1) is 37.2. The Bertz CT molecular complexity index is 2360. The summed E-state index contributed by atoms with van der Waals surface area (Å²) in [5, 5.41) is 0. The first-order valence-corrected chi connectivity index (χ1v) is 30.6. The summed E-state index contributed by atoms with van der Waals surface area (Å²) in [6.45, 7) is 6.09. The number of rotatable bonds is 39. The molecule has 6 aromatic carbocycles. The van der Waals surface area contributed by atoms with Crippen LogP contribution in [-0.4, -0.2) is 13.2 Å². The van der Waals surface area contributed by atoms with Gasteiger partial charge in [0.25, 0.3) is 0 Å². The van der Waals surface area contributed by atoms with E-state index in [-0.39, 0.29) is 0 Å². The van der Waals surface area contributed by atoms with Crippen molar-refractivity contribution in [3.63, 3.8) is 0 Å². The maximum atomic E-state index is 6.91. The minimum atomic E-state index is -0.697. The summed E-state index contributed by atoms with van der Waals surface area (Å²) in [6, 6.07) is 55.0. The highest BCUT2D eigenvalue weighted by Crippen LogP contribution is 2.55. The van der Waals surface area contributed by atoms with Gasteiger partial charge in [-0.25, -0.2) is 0 Å². The Morgan fingerprint density at radius 2 is 0.680 bits per heavy atom. The molecular weight excluding hydrogens is 913 g/mol. The molecule has 75 heavy (non-hydrogen) atoms. The quantitative estimate of drug-likeness (QED) is 0.0284. The van der Waals surface area contributed by atoms with Crippen molar-refractivity contribution in [1.82, 2.24) is 0 Å². The van der Waals surface area contributed by atoms with Gasteiger partial charge in [-0.15, -0.1) is 0 Å². The predicted octanol–water partition coefficient (Wildman–Crippen LogP) is 21.7. The summed E-state index contributed by atoms with van der Waals surface area (Å²) in [7, 11) is 0. The van der Waals surface area contributed by atoms with Gasteiger partial charge in [0.15, 0.2) is 0 Å². The van der Waals surface area contributed by atoms with E-state index in [1.54, 1.807) is 0 Å². The first-order valence-electron chi connectivity index (χ1n) is 30.6. The fourth-order valence-electron chi connectivity index (χ4n) is 11.7. The van der Waals surface area contributed by atoms with Gasteiger partial charge in [-0.2, -0.15) is 0 Å². The summed E-state index contributed by atoms with van der Waals surface area (Å²) >= 11 is 0. The molecule has 0 saturated carbocycles. The highest BCUT2D eigenvalue weighted by atomic mass is 16.5. The molecule has 0 N–H and O–H groups in total. The van der Waals surface area contributed by atoms with Crippen LogP contribution in [0.25, 0.3) is 0 Å². The normalized spacial score (nSPS) is 12.3. The minimum Gasteiger partial charge on any atom is -0.494 e. The third-order valence-corrected chi connectivity index (χ3v) is 15.9. The predicted molar refractivity (Wildman–Crippen MR) is 319 cm³/mol. The number of ether oxygens (including phenoxy) is 3. The zero-order valence-electron chi connectivity index (χ0n) is 46.8. The van der Waals surface area contributed by atoms with E-state index in [2.05, 4.69) is 166 Å². The number of fused-ring (bicyclic) bond motifs is 2. The molecule has 1 aliphatic rings. The van der Waals surface area contributed by atoms with Gasteiger partial charge in [0.05, 0.1) is 24.5 Å². The van der Waals surface area contributed by atoms with Crippen molar-refractivity contribution in [2.75, 3.05) is 13.2 Å². The maximum Gasteiger partial charge on any atom is 0.132 e. The molecule has 7 rings (SSSR count). The van der Waals surface area contributed by atoms with Crippen molar-refractivity contribution in [2.45, 2.75) is 212 Å². The van der Waals surface area contributed by atoms with E-state index in [0.717, 1.165) is 71.7 Å². The Labute approximate surface area is 456 Å². The standard InChI is InChI=1S/C72H95O3/c1-3-5-7-9-11-13-15-17-19-20-22-24-25-27-29-39-58-73-64-54-50-60(51-55-64)70-66-46-37-38-48-68(66)75-69-49-41-47-67(71(69)70)72(61-42-33-31-34-43-61,62-44-35-32-36-45-62)63-52-56-65(57-53-63)74-59-40-30-28-26-23-21-18-16-14-12-10-8-6-4-2/h31-38,41-57H,3-30,39-40,58-59H2,1-2H3. The molecule has 0 aromatic heterocycles. The van der Waals surface area contributed by atoms with E-state index in [0.29, 0.717) is 0 Å². The van der Waals surface area contributed by atoms with E-state index < -0.39 is 5.41 Å². The summed E-state index contributed by atoms with van der Waals surface area (Å²) in [5.41, 5.74) is 7.35. The molecule has 6 aromatic rings. The molecule has 1 aliphatic heterocycles. The molecule has 401 valence electrons. The second-order valence-electron chi connectivity index (χ2n) is 21.8. The Morgan fingerprint density at radius 1 is 0.320 bits per heavy atom. The van der Waals surface area contributed by atoms with Crippen LogP contribution in [-0.2, 0) is 5.41 Å². The summed E-state index contributed by atoms with van der Waals surface area (Å²) in [4.78, 5) is 0. The van der Waals surface area contributed by atoms with E-state index in [1.807, 2.05) is 0 Å². The van der Waals surface area contributed by atoms with Crippen LogP contribution >= 0.6 is 0 Å². The lowest BCUT2D eigenvalue weighted by Gasteiger charge is -2.41. The van der Waals surface area contributed by atoms with Crippen molar-refractivity contribution >= 4 is 0 Å². The number of para-hydroxylation sites is 1. The van der Waals surface area contributed by atoms with Gasteiger partial charge in [0.2, 0.25) is 0 Å². The molecular formula is C72H95O3. The molecule has 3 nitrogen and oxygen atoms in total. The Kier molecular flexibility index (Phi) is 25.8. The van der Waals surface area contributed by atoms with Crippen LogP contribution in [0.2, 0.25) is 0 Å². The largest absolute Gasteiger partial charge is 0.494 e. The number of benzene rings is 6. The first kappa shape index (κ1) is 57.4. The number of unbranched alkanes of at least 4 members (excludes halogenated alkanes) is 28. The van der Waals surface area contributed by atoms with E-state index in [1.165, 1.54) is 202 Å². The SMILES string of the molecule is CCCCCCCCCCCCCCCCCCOc1ccc([C]2c3ccccc3Oc3cccc(C(c4ccccc4)(c4ccccc4)c4ccc(OCCCCCCCCCCCCCCCC)cc4)c32)cc1. The lowest BCUT2D eigenvalue weighted by molar-refractivity contribution is 0.304. The molecule has 0 amide bonds. The van der Waals surface area contributed by atoms with Crippen LogP contribution in [0.1, 0.15) is 245 Å². The summed E-state index contributed by atoms with van der Waals surface area (Å²) < 4.78 is 19.8. The molecule has 0 fully saturated rings. The smallest absolute Gasteiger partial charge is 0.132 e. The minimum absolute atomic E-state index is 0.697. The third-order valence-electron chi connectivity index (χ3n) is 15.9. The van der Waals surface area contributed by atoms with Crippen molar-refractivity contribution in [3.05, 3.63) is 197 Å². The van der Waals surface area contributed by atoms with Crippen molar-refractivity contribution in [1.29, 1.82) is 0 Å². The van der Waals surface area contributed by atoms with E-state index in [4.69, 9.17) is 14.2 Å². The Balaban J connectivity index is 0.995.